The second kappa shape index (κ2) is 24.6. The number of benzene rings is 2. The molecule has 2 aromatic heterocycles. The molecule has 4 aromatic rings. The molecule has 2 saturated carbocycles. The molecule has 2 amide bonds. The fourth-order valence-corrected chi connectivity index (χ4v) is 7.97. The number of likely N-dealkylation sites (tertiary alicyclic amines) is 2. The Balaban J connectivity index is 0.000000237. The van der Waals surface area contributed by atoms with Crippen molar-refractivity contribution in [3.63, 3.8) is 0 Å². The van der Waals surface area contributed by atoms with Crippen molar-refractivity contribution in [3.8, 4) is 11.8 Å². The molecule has 0 bridgehead atoms. The number of fused-ring (bicyclic) bond motifs is 2. The topological polar surface area (TPSA) is 235 Å². The quantitative estimate of drug-likeness (QED) is 0.127. The van der Waals surface area contributed by atoms with Crippen LogP contribution >= 0.6 is 11.6 Å². The van der Waals surface area contributed by atoms with Gasteiger partial charge in [-0.25, -0.2) is 38.3 Å². The Morgan fingerprint density at radius 3 is 1.49 bits per heavy atom. The smallest absolute Gasteiger partial charge is 0.410 e. The molecule has 2 aliphatic heterocycles. The van der Waals surface area contributed by atoms with Crippen molar-refractivity contribution in [2.24, 2.45) is 35.5 Å². The summed E-state index contributed by atoms with van der Waals surface area (Å²) in [6.45, 7) is 22.7. The molecule has 23 heteroatoms. The van der Waals surface area contributed by atoms with Crippen molar-refractivity contribution >= 4 is 64.1 Å². The van der Waals surface area contributed by atoms with Gasteiger partial charge in [-0.2, -0.15) is 16.8 Å². The van der Waals surface area contributed by atoms with Gasteiger partial charge in [0.25, 0.3) is 0 Å². The number of rotatable bonds is 8. The van der Waals surface area contributed by atoms with Crippen LogP contribution < -0.4 is 20.5 Å². The maximum absolute atomic E-state index is 14.2. The highest BCUT2D eigenvalue weighted by Crippen LogP contribution is 2.53. The van der Waals surface area contributed by atoms with Gasteiger partial charge in [0, 0.05) is 43.6 Å². The number of piperidine rings is 2. The number of carbonyl (C=O) groups is 2. The van der Waals surface area contributed by atoms with Crippen LogP contribution in [0.4, 0.5) is 35.6 Å². The summed E-state index contributed by atoms with van der Waals surface area (Å²) in [6, 6.07) is 9.75. The third-order valence-electron chi connectivity index (χ3n) is 11.4. The summed E-state index contributed by atoms with van der Waals surface area (Å²) >= 11 is 4.46. The number of carbonyl (C=O) groups excluding carboxylic acids is 2. The van der Waals surface area contributed by atoms with Gasteiger partial charge in [0.05, 0.1) is 30.2 Å². The molecule has 6 atom stereocenters. The molecule has 4 heterocycles. The van der Waals surface area contributed by atoms with Crippen LogP contribution in [0.1, 0.15) is 63.8 Å². The lowest BCUT2D eigenvalue weighted by molar-refractivity contribution is 0.0250. The first-order chi connectivity index (χ1) is 32.4. The highest BCUT2D eigenvalue weighted by molar-refractivity contribution is 7.51. The number of halogens is 3. The van der Waals surface area contributed by atoms with E-state index >= 15 is 0 Å². The SMILES string of the molecule is Cc1c(Cl)ncnc1OCC1[C@H]2CN(C(=O)OC(C)(C)C)C[C@@H]12.Cc1ccc(N)c(F)c1.Cc1ccc(Nc2ncnc(OCC3[C@H]4CN(C(=O)OC(C)(C)C)C[C@@H]34)c2C)c(F)c1.O=S=O.O=S=O. The summed E-state index contributed by atoms with van der Waals surface area (Å²) in [5, 5.41) is 3.44. The van der Waals surface area contributed by atoms with Crippen molar-refractivity contribution in [2.45, 2.75) is 80.4 Å². The third-order valence-corrected chi connectivity index (χ3v) is 11.8. The van der Waals surface area contributed by atoms with Crippen molar-refractivity contribution in [2.75, 3.05) is 50.4 Å². The zero-order chi connectivity index (χ0) is 51.4. The largest absolute Gasteiger partial charge is 0.477 e. The minimum absolute atomic E-state index is 0.209. The lowest BCUT2D eigenvalue weighted by Gasteiger charge is -2.26. The van der Waals surface area contributed by atoms with E-state index in [9.17, 15) is 18.4 Å². The van der Waals surface area contributed by atoms with E-state index < -0.39 is 34.3 Å². The maximum Gasteiger partial charge on any atom is 0.410 e. The second-order valence-electron chi connectivity index (χ2n) is 18.9. The molecule has 3 N–H and O–H groups in total. The molecular weight excluding hydrogens is 962 g/mol. The molecule has 376 valence electrons. The number of hydrogen-bond donors (Lipinski definition) is 2. The Morgan fingerprint density at radius 1 is 0.681 bits per heavy atom. The van der Waals surface area contributed by atoms with Gasteiger partial charge in [-0.3, -0.25) is 0 Å². The number of amides is 2. The number of aromatic nitrogens is 4. The highest BCUT2D eigenvalue weighted by atomic mass is 35.5. The van der Waals surface area contributed by atoms with E-state index in [0.717, 1.165) is 35.3 Å². The number of aryl methyl sites for hydroxylation is 2. The fourth-order valence-electron chi connectivity index (χ4n) is 7.84. The van der Waals surface area contributed by atoms with E-state index in [1.165, 1.54) is 24.8 Å². The first kappa shape index (κ1) is 55.7. The summed E-state index contributed by atoms with van der Waals surface area (Å²) in [6.07, 6.45) is 2.35. The number of anilines is 3. The average Bonchev–Trinajstić information content (AvgIpc) is 3.90. The molecule has 8 rings (SSSR count). The molecule has 4 aliphatic rings. The Bertz CT molecular complexity index is 2470. The zero-order valence-electron chi connectivity index (χ0n) is 40.1. The van der Waals surface area contributed by atoms with Gasteiger partial charge in [-0.05, 0) is 128 Å². The number of hydrogen-bond acceptors (Lipinski definition) is 16. The first-order valence-corrected chi connectivity index (χ1v) is 23.5. The molecule has 2 unspecified atom stereocenters. The standard InChI is InChI=1S/C23H29FN4O3.C16H22ClN3O3.C7H8FN.2O2S/c1-13-6-7-19(18(24)8-13)27-20-14(2)21(26-12-25-20)30-11-17-15-9-28(10-16(15)17)22(29)31-23(3,4)5;1-9-13(17)18-8-19-14(9)22-7-12-10-5-20(6-11(10)12)15(21)23-16(2,3)4;1-5-2-3-7(9)6(8)4-5;2*1-3-2/h6-8,12,15-17H,9-11H2,1-5H3,(H,25,26,27);8,10-12H,5-7H2,1-4H3;2-4H,9H2,1H3;;/t15-,16+,17?;10-,11+,12?;;;. The van der Waals surface area contributed by atoms with Crippen LogP contribution in [0.25, 0.3) is 0 Å². The molecule has 69 heavy (non-hydrogen) atoms. The number of nitrogens with one attached hydrogen (secondary N) is 1. The van der Waals surface area contributed by atoms with Crippen LogP contribution in [0.3, 0.4) is 0 Å². The first-order valence-electron chi connectivity index (χ1n) is 21.8. The van der Waals surface area contributed by atoms with E-state index in [4.69, 9.17) is 53.1 Å². The van der Waals surface area contributed by atoms with Gasteiger partial charge < -0.3 is 39.8 Å². The summed E-state index contributed by atoms with van der Waals surface area (Å²) in [5.41, 5.74) is 8.08. The maximum atomic E-state index is 14.2. The van der Waals surface area contributed by atoms with Crippen LogP contribution in [0.15, 0.2) is 49.1 Å². The third kappa shape index (κ3) is 16.7. The number of nitrogens with two attached hydrogens (primary N) is 1. The van der Waals surface area contributed by atoms with E-state index in [1.807, 2.05) is 75.3 Å². The predicted molar refractivity (Wildman–Crippen MR) is 254 cm³/mol. The lowest BCUT2D eigenvalue weighted by Crippen LogP contribution is -2.37. The van der Waals surface area contributed by atoms with Gasteiger partial charge in [-0.15, -0.1) is 0 Å². The monoisotopic (exact) mass is 1020 g/mol. The summed E-state index contributed by atoms with van der Waals surface area (Å²) in [7, 11) is 0. The van der Waals surface area contributed by atoms with Crippen LogP contribution in [0, 0.1) is 74.8 Å². The number of nitrogen functional groups attached to an aromatic ring is 1. The minimum atomic E-state index is -0.750. The summed E-state index contributed by atoms with van der Waals surface area (Å²) < 4.78 is 82.4. The molecule has 2 aromatic carbocycles. The normalized spacial score (nSPS) is 20.2. The number of ether oxygens (including phenoxy) is 4. The van der Waals surface area contributed by atoms with Crippen LogP contribution in [0.2, 0.25) is 5.15 Å². The van der Waals surface area contributed by atoms with Crippen molar-refractivity contribution in [3.05, 3.63) is 88.1 Å². The molecular formula is C46H59ClF2N8O10S2. The van der Waals surface area contributed by atoms with Crippen LogP contribution in [-0.4, -0.2) is 109 Å². The predicted octanol–water partition coefficient (Wildman–Crippen LogP) is 7.77. The van der Waals surface area contributed by atoms with Crippen LogP contribution in [-0.2, 0) is 32.6 Å². The lowest BCUT2D eigenvalue weighted by atomic mass is 10.2. The van der Waals surface area contributed by atoms with E-state index in [-0.39, 0.29) is 29.5 Å². The van der Waals surface area contributed by atoms with Crippen LogP contribution in [0.5, 0.6) is 11.8 Å². The van der Waals surface area contributed by atoms with Gasteiger partial charge in [-0.1, -0.05) is 23.7 Å². The van der Waals surface area contributed by atoms with E-state index in [2.05, 4.69) is 25.3 Å². The van der Waals surface area contributed by atoms with E-state index in [0.29, 0.717) is 90.2 Å². The second-order valence-corrected chi connectivity index (χ2v) is 19.5. The van der Waals surface area contributed by atoms with Gasteiger partial charge >= 0.3 is 35.3 Å². The summed E-state index contributed by atoms with van der Waals surface area (Å²) in [5.74, 6) is 3.62. The molecule has 2 aliphatic carbocycles. The highest BCUT2D eigenvalue weighted by Gasteiger charge is 2.58. The van der Waals surface area contributed by atoms with Crippen molar-refractivity contribution in [1.29, 1.82) is 0 Å². The molecule has 18 nitrogen and oxygen atoms in total. The van der Waals surface area contributed by atoms with E-state index in [1.54, 1.807) is 28.0 Å². The summed E-state index contributed by atoms with van der Waals surface area (Å²) in [4.78, 5) is 44.3. The fraction of sp³-hybridized carbons (Fsp3) is 0.522. The van der Waals surface area contributed by atoms with Crippen molar-refractivity contribution < 1.29 is 54.2 Å². The zero-order valence-corrected chi connectivity index (χ0v) is 42.5. The Morgan fingerprint density at radius 2 is 1.09 bits per heavy atom. The molecule has 4 fully saturated rings. The van der Waals surface area contributed by atoms with Gasteiger partial charge in [0.2, 0.25) is 11.8 Å². The molecule has 0 spiro atoms. The van der Waals surface area contributed by atoms with Crippen molar-refractivity contribution in [1.82, 2.24) is 29.7 Å². The molecule has 2 saturated heterocycles. The average molecular weight is 1020 g/mol. The van der Waals surface area contributed by atoms with Gasteiger partial charge in [0.15, 0.2) is 0 Å². The van der Waals surface area contributed by atoms with Gasteiger partial charge in [0.1, 0.15) is 46.5 Å². The Labute approximate surface area is 412 Å². The Kier molecular flexibility index (Phi) is 19.9. The number of nitrogens with zero attached hydrogens (tertiary/aromatic N) is 6. The minimum Gasteiger partial charge on any atom is -0.477 e. The Hall–Kier alpha value is -5.87. The molecule has 0 radical (unpaired) electrons.